The molecule has 3 rings (SSSR count). The van der Waals surface area contributed by atoms with Crippen molar-refractivity contribution in [1.29, 1.82) is 0 Å². The van der Waals surface area contributed by atoms with Crippen molar-refractivity contribution in [3.05, 3.63) is 36.3 Å². The summed E-state index contributed by atoms with van der Waals surface area (Å²) in [6.45, 7) is 0.402. The number of hydrogen-bond donors (Lipinski definition) is 1. The molecule has 0 bridgehead atoms. The lowest BCUT2D eigenvalue weighted by atomic mass is 10.2. The van der Waals surface area contributed by atoms with Crippen molar-refractivity contribution in [2.45, 2.75) is 6.54 Å². The van der Waals surface area contributed by atoms with Gasteiger partial charge >= 0.3 is 0 Å². The molecule has 0 atom stereocenters. The maximum Gasteiger partial charge on any atom is 0.233 e. The first kappa shape index (κ1) is 13.3. The molecule has 0 amide bonds. The minimum Gasteiger partial charge on any atom is -0.497 e. The molecule has 2 aromatic heterocycles. The monoisotopic (exact) mass is 285 g/mol. The van der Waals surface area contributed by atoms with E-state index in [0.29, 0.717) is 29.6 Å². The highest BCUT2D eigenvalue weighted by Gasteiger charge is 2.11. The van der Waals surface area contributed by atoms with Gasteiger partial charge in [0.15, 0.2) is 5.65 Å². The van der Waals surface area contributed by atoms with Crippen molar-refractivity contribution in [3.63, 3.8) is 0 Å². The van der Waals surface area contributed by atoms with Crippen molar-refractivity contribution < 1.29 is 9.47 Å². The van der Waals surface area contributed by atoms with Gasteiger partial charge in [-0.1, -0.05) is 0 Å². The van der Waals surface area contributed by atoms with Crippen molar-refractivity contribution in [1.82, 2.24) is 19.7 Å². The van der Waals surface area contributed by atoms with Crippen LogP contribution in [0.2, 0.25) is 0 Å². The lowest BCUT2D eigenvalue weighted by Crippen LogP contribution is -1.98. The van der Waals surface area contributed by atoms with E-state index in [1.807, 2.05) is 19.2 Å². The molecule has 0 aliphatic heterocycles. The molecule has 7 heteroatoms. The predicted molar refractivity (Wildman–Crippen MR) is 77.3 cm³/mol. The van der Waals surface area contributed by atoms with Gasteiger partial charge in [-0.05, 0) is 17.7 Å². The molecule has 0 aliphatic rings. The molecule has 7 nitrogen and oxygen atoms in total. The Kier molecular flexibility index (Phi) is 3.41. The molecule has 0 saturated heterocycles. The Bertz CT molecular complexity index is 762. The van der Waals surface area contributed by atoms with Crippen molar-refractivity contribution in [3.8, 4) is 17.4 Å². The summed E-state index contributed by atoms with van der Waals surface area (Å²) < 4.78 is 12.8. The summed E-state index contributed by atoms with van der Waals surface area (Å²) in [4.78, 5) is 8.34. The highest BCUT2D eigenvalue weighted by atomic mass is 16.5. The first-order valence-corrected chi connectivity index (χ1v) is 6.40. The van der Waals surface area contributed by atoms with Gasteiger partial charge in [-0.15, -0.1) is 0 Å². The Morgan fingerprint density at radius 2 is 2.00 bits per heavy atom. The second kappa shape index (κ2) is 5.37. The lowest BCUT2D eigenvalue weighted by Gasteiger charge is -2.09. The minimum atomic E-state index is 0.402. The largest absolute Gasteiger partial charge is 0.497 e. The van der Waals surface area contributed by atoms with E-state index in [1.165, 1.54) is 6.33 Å². The zero-order chi connectivity index (χ0) is 14.8. The second-order valence-electron chi connectivity index (χ2n) is 4.51. The Balaban J connectivity index is 2.02. The van der Waals surface area contributed by atoms with Crippen LogP contribution in [0.4, 0.5) is 0 Å². The molecule has 0 spiro atoms. The van der Waals surface area contributed by atoms with E-state index >= 15 is 0 Å². The standard InChI is InChI=1S/C14H15N5O2/c1-19-13-12(7-18-19)14(17-8-16-13)21-11-4-9(6-15)3-10(5-11)20-2/h3-5,7-8H,6,15H2,1-2H3. The fourth-order valence-corrected chi connectivity index (χ4v) is 2.06. The van der Waals surface area contributed by atoms with Gasteiger partial charge in [0.1, 0.15) is 23.2 Å². The number of aryl methyl sites for hydroxylation is 1. The fraction of sp³-hybridized carbons (Fsp3) is 0.214. The molecule has 108 valence electrons. The number of aromatic nitrogens is 4. The van der Waals surface area contributed by atoms with Crippen LogP contribution in [0.15, 0.2) is 30.7 Å². The molecular weight excluding hydrogens is 270 g/mol. The number of hydrogen-bond acceptors (Lipinski definition) is 6. The average Bonchev–Trinajstić information content (AvgIpc) is 2.89. The third kappa shape index (κ3) is 2.50. The van der Waals surface area contributed by atoms with Crippen LogP contribution >= 0.6 is 0 Å². The number of fused-ring (bicyclic) bond motifs is 1. The Morgan fingerprint density at radius 3 is 2.76 bits per heavy atom. The minimum absolute atomic E-state index is 0.402. The van der Waals surface area contributed by atoms with Gasteiger partial charge in [0.2, 0.25) is 5.88 Å². The number of rotatable bonds is 4. The van der Waals surface area contributed by atoms with Crippen LogP contribution in [0.1, 0.15) is 5.56 Å². The van der Waals surface area contributed by atoms with E-state index in [2.05, 4.69) is 15.1 Å². The van der Waals surface area contributed by atoms with Crippen LogP contribution in [0, 0.1) is 0 Å². The van der Waals surface area contributed by atoms with Gasteiger partial charge in [-0.3, -0.25) is 4.68 Å². The topological polar surface area (TPSA) is 88.1 Å². The average molecular weight is 285 g/mol. The zero-order valence-electron chi connectivity index (χ0n) is 11.8. The molecule has 0 unspecified atom stereocenters. The second-order valence-corrected chi connectivity index (χ2v) is 4.51. The van der Waals surface area contributed by atoms with E-state index in [-0.39, 0.29) is 0 Å². The predicted octanol–water partition coefficient (Wildman–Crippen LogP) is 1.62. The quantitative estimate of drug-likeness (QED) is 0.783. The highest BCUT2D eigenvalue weighted by Crippen LogP contribution is 2.29. The molecule has 2 heterocycles. The number of nitrogens with two attached hydrogens (primary N) is 1. The third-order valence-electron chi connectivity index (χ3n) is 3.12. The maximum absolute atomic E-state index is 5.85. The summed E-state index contributed by atoms with van der Waals surface area (Å²) in [6, 6.07) is 5.50. The Labute approximate surface area is 121 Å². The number of methoxy groups -OCH3 is 1. The summed E-state index contributed by atoms with van der Waals surface area (Å²) in [7, 11) is 3.42. The Morgan fingerprint density at radius 1 is 1.19 bits per heavy atom. The first-order chi connectivity index (χ1) is 10.2. The molecule has 0 radical (unpaired) electrons. The number of nitrogens with zero attached hydrogens (tertiary/aromatic N) is 4. The van der Waals surface area contributed by atoms with Gasteiger partial charge < -0.3 is 15.2 Å². The summed E-state index contributed by atoms with van der Waals surface area (Å²) in [5.41, 5.74) is 7.31. The van der Waals surface area contributed by atoms with Crippen LogP contribution in [-0.2, 0) is 13.6 Å². The molecule has 0 aliphatic carbocycles. The van der Waals surface area contributed by atoms with E-state index in [1.54, 1.807) is 24.1 Å². The number of benzene rings is 1. The van der Waals surface area contributed by atoms with Gasteiger partial charge in [0.05, 0.1) is 13.3 Å². The first-order valence-electron chi connectivity index (χ1n) is 6.40. The van der Waals surface area contributed by atoms with Gasteiger partial charge in [-0.25, -0.2) is 9.97 Å². The summed E-state index contributed by atoms with van der Waals surface area (Å²) in [5, 5.41) is 4.90. The van der Waals surface area contributed by atoms with Crippen LogP contribution in [0.3, 0.4) is 0 Å². The van der Waals surface area contributed by atoms with Crippen molar-refractivity contribution in [2.75, 3.05) is 7.11 Å². The van der Waals surface area contributed by atoms with Crippen molar-refractivity contribution in [2.24, 2.45) is 12.8 Å². The SMILES string of the molecule is COc1cc(CN)cc(Oc2ncnc3c2cnn3C)c1. The molecule has 0 fully saturated rings. The van der Waals surface area contributed by atoms with Crippen LogP contribution < -0.4 is 15.2 Å². The molecular formula is C14H15N5O2. The molecule has 21 heavy (non-hydrogen) atoms. The van der Waals surface area contributed by atoms with E-state index in [9.17, 15) is 0 Å². The van der Waals surface area contributed by atoms with Crippen molar-refractivity contribution >= 4 is 11.0 Å². The van der Waals surface area contributed by atoms with Crippen LogP contribution in [0.25, 0.3) is 11.0 Å². The number of ether oxygens (including phenoxy) is 2. The van der Waals surface area contributed by atoms with E-state index in [4.69, 9.17) is 15.2 Å². The van der Waals surface area contributed by atoms with Gasteiger partial charge in [0, 0.05) is 19.7 Å². The summed E-state index contributed by atoms with van der Waals surface area (Å²) >= 11 is 0. The smallest absolute Gasteiger partial charge is 0.233 e. The summed E-state index contributed by atoms with van der Waals surface area (Å²) in [6.07, 6.45) is 3.12. The van der Waals surface area contributed by atoms with E-state index in [0.717, 1.165) is 10.9 Å². The molecule has 3 aromatic rings. The third-order valence-corrected chi connectivity index (χ3v) is 3.12. The highest BCUT2D eigenvalue weighted by molar-refractivity contribution is 5.79. The molecule has 2 N–H and O–H groups in total. The lowest BCUT2D eigenvalue weighted by molar-refractivity contribution is 0.407. The van der Waals surface area contributed by atoms with Crippen LogP contribution in [0.5, 0.6) is 17.4 Å². The zero-order valence-corrected chi connectivity index (χ0v) is 11.8. The van der Waals surface area contributed by atoms with Gasteiger partial charge in [0.25, 0.3) is 0 Å². The molecule has 0 saturated carbocycles. The maximum atomic E-state index is 5.85. The molecule has 1 aromatic carbocycles. The Hall–Kier alpha value is -2.67. The van der Waals surface area contributed by atoms with Gasteiger partial charge in [-0.2, -0.15) is 5.10 Å². The normalized spacial score (nSPS) is 10.8. The fourth-order valence-electron chi connectivity index (χ4n) is 2.06. The summed E-state index contributed by atoms with van der Waals surface area (Å²) in [5.74, 6) is 1.74. The van der Waals surface area contributed by atoms with E-state index < -0.39 is 0 Å². The van der Waals surface area contributed by atoms with Crippen LogP contribution in [-0.4, -0.2) is 26.9 Å².